The van der Waals surface area contributed by atoms with Gasteiger partial charge in [-0.25, -0.2) is 13.1 Å². The largest absolute Gasteiger partial charge is 0.356 e. The van der Waals surface area contributed by atoms with E-state index in [4.69, 9.17) is 0 Å². The fourth-order valence-corrected chi connectivity index (χ4v) is 3.55. The van der Waals surface area contributed by atoms with Crippen molar-refractivity contribution >= 4 is 16.0 Å². The molecule has 3 N–H and O–H groups in total. The second-order valence-electron chi connectivity index (χ2n) is 6.82. The summed E-state index contributed by atoms with van der Waals surface area (Å²) in [5, 5.41) is 6.31. The number of benzene rings is 2. The lowest BCUT2D eigenvalue weighted by Crippen LogP contribution is -2.42. The predicted octanol–water partition coefficient (Wildman–Crippen LogP) is 2.38. The number of hydrogen-bond donors (Lipinski definition) is 3. The molecule has 2 aromatic carbocycles. The molecule has 0 aliphatic rings. The maximum Gasteiger partial charge on any atom is 0.213 e. The lowest BCUT2D eigenvalue weighted by atomic mass is 10.0. The standard InChI is InChI=1S/C21H30N4O2S/c1-17-9-11-20(12-10-17)18(2)15-24-21(22-3)23-13-14-28(26,27)25-16-19-7-5-4-6-8-19/h4-12,18,25H,13-16H2,1-3H3,(H2,22,23,24). The Morgan fingerprint density at radius 2 is 1.71 bits per heavy atom. The Morgan fingerprint density at radius 1 is 1.04 bits per heavy atom. The van der Waals surface area contributed by atoms with E-state index in [1.807, 2.05) is 30.3 Å². The van der Waals surface area contributed by atoms with Crippen LogP contribution in [0, 0.1) is 6.92 Å². The smallest absolute Gasteiger partial charge is 0.213 e. The van der Waals surface area contributed by atoms with Gasteiger partial charge >= 0.3 is 0 Å². The summed E-state index contributed by atoms with van der Waals surface area (Å²) < 4.78 is 26.9. The summed E-state index contributed by atoms with van der Waals surface area (Å²) in [6, 6.07) is 17.9. The summed E-state index contributed by atoms with van der Waals surface area (Å²) in [6.07, 6.45) is 0. The van der Waals surface area contributed by atoms with Gasteiger partial charge in [0.15, 0.2) is 5.96 Å². The summed E-state index contributed by atoms with van der Waals surface area (Å²) in [5.74, 6) is 0.890. The quantitative estimate of drug-likeness (QED) is 0.444. The van der Waals surface area contributed by atoms with E-state index < -0.39 is 10.0 Å². The van der Waals surface area contributed by atoms with Crippen molar-refractivity contribution in [2.24, 2.45) is 4.99 Å². The lowest BCUT2D eigenvalue weighted by molar-refractivity contribution is 0.579. The summed E-state index contributed by atoms with van der Waals surface area (Å²) >= 11 is 0. The lowest BCUT2D eigenvalue weighted by Gasteiger charge is -2.16. The fraction of sp³-hybridized carbons (Fsp3) is 0.381. The maximum atomic E-state index is 12.1. The topological polar surface area (TPSA) is 82.6 Å². The zero-order chi connectivity index (χ0) is 20.4. The van der Waals surface area contributed by atoms with Gasteiger partial charge < -0.3 is 10.6 Å². The summed E-state index contributed by atoms with van der Waals surface area (Å²) in [5.41, 5.74) is 3.42. The van der Waals surface area contributed by atoms with Crippen LogP contribution in [0.2, 0.25) is 0 Å². The highest BCUT2D eigenvalue weighted by molar-refractivity contribution is 7.89. The molecular formula is C21H30N4O2S. The van der Waals surface area contributed by atoms with E-state index in [0.717, 1.165) is 5.56 Å². The SMILES string of the molecule is CN=C(NCCS(=O)(=O)NCc1ccccc1)NCC(C)c1ccc(C)cc1. The van der Waals surface area contributed by atoms with E-state index >= 15 is 0 Å². The Kier molecular flexibility index (Phi) is 8.47. The molecule has 0 aromatic heterocycles. The van der Waals surface area contributed by atoms with Gasteiger partial charge in [-0.1, -0.05) is 67.1 Å². The Labute approximate surface area is 168 Å². The van der Waals surface area contributed by atoms with Crippen LogP contribution < -0.4 is 15.4 Å². The molecule has 0 heterocycles. The number of nitrogens with zero attached hydrogens (tertiary/aromatic N) is 1. The minimum Gasteiger partial charge on any atom is -0.356 e. The van der Waals surface area contributed by atoms with Crippen LogP contribution in [0.1, 0.15) is 29.5 Å². The van der Waals surface area contributed by atoms with E-state index in [2.05, 4.69) is 58.5 Å². The van der Waals surface area contributed by atoms with Gasteiger partial charge in [-0.2, -0.15) is 0 Å². The van der Waals surface area contributed by atoms with Crippen LogP contribution in [0.4, 0.5) is 0 Å². The van der Waals surface area contributed by atoms with Gasteiger partial charge in [0.25, 0.3) is 0 Å². The monoisotopic (exact) mass is 402 g/mol. The van der Waals surface area contributed by atoms with Crippen LogP contribution in [0.15, 0.2) is 59.6 Å². The van der Waals surface area contributed by atoms with Crippen molar-refractivity contribution in [1.29, 1.82) is 0 Å². The van der Waals surface area contributed by atoms with E-state index in [-0.39, 0.29) is 12.3 Å². The highest BCUT2D eigenvalue weighted by atomic mass is 32.2. The van der Waals surface area contributed by atoms with Gasteiger partial charge in [0.2, 0.25) is 10.0 Å². The van der Waals surface area contributed by atoms with Crippen LogP contribution in [0.25, 0.3) is 0 Å². The number of nitrogens with one attached hydrogen (secondary N) is 3. The molecule has 0 amide bonds. The second-order valence-corrected chi connectivity index (χ2v) is 8.74. The molecule has 6 nitrogen and oxygen atoms in total. The molecule has 0 aliphatic carbocycles. The molecule has 0 saturated carbocycles. The van der Waals surface area contributed by atoms with Crippen molar-refractivity contribution in [3.8, 4) is 0 Å². The third-order valence-electron chi connectivity index (χ3n) is 4.45. The Hall–Kier alpha value is -2.38. The molecular weight excluding hydrogens is 372 g/mol. The number of sulfonamides is 1. The van der Waals surface area contributed by atoms with Crippen molar-refractivity contribution in [1.82, 2.24) is 15.4 Å². The highest BCUT2D eigenvalue weighted by Crippen LogP contribution is 2.14. The third-order valence-corrected chi connectivity index (χ3v) is 5.77. The first-order chi connectivity index (χ1) is 13.4. The molecule has 1 atom stereocenters. The predicted molar refractivity (Wildman–Crippen MR) is 116 cm³/mol. The highest BCUT2D eigenvalue weighted by Gasteiger charge is 2.11. The average molecular weight is 403 g/mol. The Morgan fingerprint density at radius 3 is 2.36 bits per heavy atom. The number of hydrogen-bond acceptors (Lipinski definition) is 3. The number of aliphatic imine (C=N–C) groups is 1. The molecule has 28 heavy (non-hydrogen) atoms. The van der Waals surface area contributed by atoms with Crippen molar-refractivity contribution in [2.75, 3.05) is 25.9 Å². The number of rotatable bonds is 9. The van der Waals surface area contributed by atoms with Crippen molar-refractivity contribution in [3.05, 3.63) is 71.3 Å². The summed E-state index contributed by atoms with van der Waals surface area (Å²) in [6.45, 7) is 5.50. The molecule has 0 spiro atoms. The van der Waals surface area contributed by atoms with Crippen LogP contribution in [-0.4, -0.2) is 40.3 Å². The first-order valence-electron chi connectivity index (χ1n) is 9.42. The van der Waals surface area contributed by atoms with Gasteiger partial charge in [0.1, 0.15) is 0 Å². The summed E-state index contributed by atoms with van der Waals surface area (Å²) in [4.78, 5) is 4.16. The second kappa shape index (κ2) is 10.8. The first kappa shape index (κ1) is 21.9. The number of aryl methyl sites for hydroxylation is 1. The molecule has 152 valence electrons. The molecule has 0 saturated heterocycles. The third kappa shape index (κ3) is 7.70. The molecule has 0 bridgehead atoms. The van der Waals surface area contributed by atoms with E-state index in [1.165, 1.54) is 11.1 Å². The van der Waals surface area contributed by atoms with Crippen LogP contribution in [-0.2, 0) is 16.6 Å². The van der Waals surface area contributed by atoms with Crippen molar-refractivity contribution in [3.63, 3.8) is 0 Å². The van der Waals surface area contributed by atoms with Crippen LogP contribution in [0.5, 0.6) is 0 Å². The zero-order valence-corrected chi connectivity index (χ0v) is 17.6. The maximum absolute atomic E-state index is 12.1. The molecule has 1 unspecified atom stereocenters. The van der Waals surface area contributed by atoms with Crippen molar-refractivity contribution in [2.45, 2.75) is 26.3 Å². The molecule has 7 heteroatoms. The van der Waals surface area contributed by atoms with Gasteiger partial charge in [-0.3, -0.25) is 4.99 Å². The minimum atomic E-state index is -3.36. The normalized spacial score (nSPS) is 13.2. The zero-order valence-electron chi connectivity index (χ0n) is 16.8. The Bertz CT molecular complexity index is 850. The number of guanidine groups is 1. The summed E-state index contributed by atoms with van der Waals surface area (Å²) in [7, 11) is -1.68. The van der Waals surface area contributed by atoms with Gasteiger partial charge in [0.05, 0.1) is 5.75 Å². The molecule has 2 rings (SSSR count). The van der Waals surface area contributed by atoms with Crippen LogP contribution in [0.3, 0.4) is 0 Å². The first-order valence-corrected chi connectivity index (χ1v) is 11.1. The van der Waals surface area contributed by atoms with Gasteiger partial charge in [-0.05, 0) is 24.0 Å². The van der Waals surface area contributed by atoms with E-state index in [1.54, 1.807) is 7.05 Å². The van der Waals surface area contributed by atoms with Gasteiger partial charge in [0, 0.05) is 26.7 Å². The Balaban J connectivity index is 1.73. The molecule has 0 aliphatic heterocycles. The minimum absolute atomic E-state index is 0.0198. The fourth-order valence-electron chi connectivity index (χ4n) is 2.65. The molecule has 0 fully saturated rings. The van der Waals surface area contributed by atoms with E-state index in [9.17, 15) is 8.42 Å². The van der Waals surface area contributed by atoms with Gasteiger partial charge in [-0.15, -0.1) is 0 Å². The van der Waals surface area contributed by atoms with Crippen molar-refractivity contribution < 1.29 is 8.42 Å². The van der Waals surface area contributed by atoms with E-state index in [0.29, 0.717) is 25.0 Å². The molecule has 2 aromatic rings. The van der Waals surface area contributed by atoms with Crippen LogP contribution >= 0.6 is 0 Å². The molecule has 0 radical (unpaired) electrons. The average Bonchev–Trinajstić information content (AvgIpc) is 2.70.